The minimum Gasteiger partial charge on any atom is -0.294 e. The molecule has 5 rings (SSSR count). The molecule has 2 heterocycles. The maximum atomic E-state index is 14.3. The number of benzene rings is 3. The SMILES string of the molecule is CCc1cccc(CC)c1-n1c(C)c(C(=O)CCc2ccccc2)cc(-c2nc(-c3ccc(Cl)cc3)cs2)c1=O. The lowest BCUT2D eigenvalue weighted by Crippen LogP contribution is -2.27. The van der Waals surface area contributed by atoms with E-state index in [0.717, 1.165) is 46.5 Å². The van der Waals surface area contributed by atoms with Gasteiger partial charge in [-0.1, -0.05) is 86.1 Å². The van der Waals surface area contributed by atoms with Crippen molar-refractivity contribution in [2.45, 2.75) is 46.5 Å². The fourth-order valence-electron chi connectivity index (χ4n) is 5.10. The molecule has 3 aromatic carbocycles. The van der Waals surface area contributed by atoms with Crippen LogP contribution in [0.2, 0.25) is 5.02 Å². The number of Topliss-reactive ketones (excluding diaryl/α,β-unsaturated/α-hetero) is 1. The predicted octanol–water partition coefficient (Wildman–Crippen LogP) is 8.53. The van der Waals surface area contributed by atoms with Gasteiger partial charge in [0.25, 0.3) is 5.56 Å². The number of hydrogen-bond donors (Lipinski definition) is 0. The number of hydrogen-bond acceptors (Lipinski definition) is 4. The second-order valence-electron chi connectivity index (χ2n) is 9.78. The smallest absolute Gasteiger partial charge is 0.265 e. The Kier molecular flexibility index (Phi) is 8.43. The highest BCUT2D eigenvalue weighted by Crippen LogP contribution is 2.31. The molecule has 0 bridgehead atoms. The number of thiazole rings is 1. The van der Waals surface area contributed by atoms with Crippen LogP contribution in [0, 0.1) is 6.92 Å². The number of ketones is 1. The summed E-state index contributed by atoms with van der Waals surface area (Å²) in [5, 5.41) is 3.18. The van der Waals surface area contributed by atoms with E-state index in [2.05, 4.69) is 26.0 Å². The van der Waals surface area contributed by atoms with Crippen molar-refractivity contribution in [3.05, 3.63) is 128 Å². The van der Waals surface area contributed by atoms with Gasteiger partial charge in [-0.15, -0.1) is 11.3 Å². The first-order valence-electron chi connectivity index (χ1n) is 13.6. The summed E-state index contributed by atoms with van der Waals surface area (Å²) in [4.78, 5) is 32.8. The first-order valence-corrected chi connectivity index (χ1v) is 14.8. The highest BCUT2D eigenvalue weighted by atomic mass is 35.5. The highest BCUT2D eigenvalue weighted by molar-refractivity contribution is 7.13. The molecule has 0 saturated heterocycles. The number of carbonyl (C=O) groups excluding carboxylic acids is 1. The average Bonchev–Trinajstić information content (AvgIpc) is 3.47. The van der Waals surface area contributed by atoms with Gasteiger partial charge in [-0.3, -0.25) is 14.2 Å². The minimum atomic E-state index is -0.162. The molecule has 6 heteroatoms. The molecule has 0 aliphatic carbocycles. The zero-order valence-electron chi connectivity index (χ0n) is 22.9. The van der Waals surface area contributed by atoms with Crippen molar-refractivity contribution in [3.8, 4) is 27.5 Å². The highest BCUT2D eigenvalue weighted by Gasteiger charge is 2.23. The van der Waals surface area contributed by atoms with Gasteiger partial charge in [0.2, 0.25) is 0 Å². The van der Waals surface area contributed by atoms with E-state index in [1.165, 1.54) is 11.3 Å². The Morgan fingerprint density at radius 3 is 2.25 bits per heavy atom. The van der Waals surface area contributed by atoms with Crippen molar-refractivity contribution in [2.24, 2.45) is 0 Å². The normalized spacial score (nSPS) is 11.1. The molecule has 40 heavy (non-hydrogen) atoms. The summed E-state index contributed by atoms with van der Waals surface area (Å²) in [5.41, 5.74) is 7.32. The van der Waals surface area contributed by atoms with Gasteiger partial charge >= 0.3 is 0 Å². The second kappa shape index (κ2) is 12.2. The number of para-hydroxylation sites is 1. The quantitative estimate of drug-likeness (QED) is 0.168. The molecule has 0 amide bonds. The molecule has 5 aromatic rings. The molecule has 0 atom stereocenters. The van der Waals surface area contributed by atoms with Gasteiger partial charge < -0.3 is 0 Å². The first kappa shape index (κ1) is 27.8. The van der Waals surface area contributed by atoms with Gasteiger partial charge in [0, 0.05) is 33.6 Å². The summed E-state index contributed by atoms with van der Waals surface area (Å²) in [6, 6.07) is 25.4. The zero-order valence-corrected chi connectivity index (χ0v) is 24.5. The van der Waals surface area contributed by atoms with Gasteiger partial charge in [-0.05, 0) is 61.1 Å². The minimum absolute atomic E-state index is 0.0119. The molecule has 202 valence electrons. The maximum Gasteiger partial charge on any atom is 0.265 e. The van der Waals surface area contributed by atoms with Crippen LogP contribution in [0.4, 0.5) is 0 Å². The number of aryl methyl sites for hydroxylation is 3. The Balaban J connectivity index is 1.68. The largest absolute Gasteiger partial charge is 0.294 e. The second-order valence-corrected chi connectivity index (χ2v) is 11.1. The summed E-state index contributed by atoms with van der Waals surface area (Å²) >= 11 is 7.49. The van der Waals surface area contributed by atoms with Crippen LogP contribution in [0.3, 0.4) is 0 Å². The Bertz CT molecular complexity index is 1700. The molecule has 0 radical (unpaired) electrons. The van der Waals surface area contributed by atoms with Crippen LogP contribution in [-0.4, -0.2) is 15.3 Å². The lowest BCUT2D eigenvalue weighted by atomic mass is 9.98. The van der Waals surface area contributed by atoms with Crippen LogP contribution >= 0.6 is 22.9 Å². The molecule has 0 saturated carbocycles. The fourth-order valence-corrected chi connectivity index (χ4v) is 6.06. The molecule has 0 spiro atoms. The molecule has 2 aromatic heterocycles. The maximum absolute atomic E-state index is 14.3. The lowest BCUT2D eigenvalue weighted by Gasteiger charge is -2.21. The van der Waals surface area contributed by atoms with Gasteiger partial charge in [0.05, 0.1) is 16.9 Å². The molecule has 0 aliphatic heterocycles. The Hall–Kier alpha value is -3.80. The number of pyridine rings is 1. The van der Waals surface area contributed by atoms with Gasteiger partial charge in [0.1, 0.15) is 5.01 Å². The van der Waals surface area contributed by atoms with E-state index in [1.807, 2.05) is 73.0 Å². The van der Waals surface area contributed by atoms with E-state index in [-0.39, 0.29) is 11.3 Å². The molecule has 0 fully saturated rings. The van der Waals surface area contributed by atoms with Crippen LogP contribution in [0.25, 0.3) is 27.5 Å². The van der Waals surface area contributed by atoms with Crippen LogP contribution in [0.1, 0.15) is 53.0 Å². The zero-order chi connectivity index (χ0) is 28.2. The Morgan fingerprint density at radius 1 is 0.925 bits per heavy atom. The van der Waals surface area contributed by atoms with Crippen molar-refractivity contribution in [1.29, 1.82) is 0 Å². The van der Waals surface area contributed by atoms with Crippen molar-refractivity contribution < 1.29 is 4.79 Å². The number of rotatable bonds is 9. The third-order valence-electron chi connectivity index (χ3n) is 7.29. The summed E-state index contributed by atoms with van der Waals surface area (Å²) in [7, 11) is 0. The standard InChI is InChI=1S/C34H31ClN2O2S/c1-4-24-12-9-13-25(5-2)32(24)37-22(3)28(31(38)19-14-23-10-7-6-8-11-23)20-29(34(37)39)33-36-30(21-40-33)26-15-17-27(35)18-16-26/h6-13,15-18,20-21H,4-5,14,19H2,1-3H3. The van der Waals surface area contributed by atoms with Crippen molar-refractivity contribution in [2.75, 3.05) is 0 Å². The number of nitrogens with zero attached hydrogens (tertiary/aromatic N) is 2. The van der Waals surface area contributed by atoms with Gasteiger partial charge in [-0.25, -0.2) is 4.98 Å². The van der Waals surface area contributed by atoms with E-state index in [1.54, 1.807) is 10.6 Å². The van der Waals surface area contributed by atoms with E-state index in [4.69, 9.17) is 16.6 Å². The summed E-state index contributed by atoms with van der Waals surface area (Å²) in [6.07, 6.45) is 2.53. The molecule has 0 unspecified atom stereocenters. The average molecular weight is 567 g/mol. The molecule has 0 N–H and O–H groups in total. The van der Waals surface area contributed by atoms with Crippen LogP contribution in [0.5, 0.6) is 0 Å². The summed E-state index contributed by atoms with van der Waals surface area (Å²) < 4.78 is 1.76. The molecular formula is C34H31ClN2O2S. The van der Waals surface area contributed by atoms with E-state index in [9.17, 15) is 9.59 Å². The topological polar surface area (TPSA) is 52.0 Å². The molecule has 4 nitrogen and oxygen atoms in total. The number of halogens is 1. The molecule has 0 aliphatic rings. The predicted molar refractivity (Wildman–Crippen MR) is 166 cm³/mol. The number of aromatic nitrogens is 2. The van der Waals surface area contributed by atoms with Crippen LogP contribution < -0.4 is 5.56 Å². The Morgan fingerprint density at radius 2 is 1.60 bits per heavy atom. The third kappa shape index (κ3) is 5.58. The molecular weight excluding hydrogens is 536 g/mol. The first-order chi connectivity index (χ1) is 19.4. The summed E-state index contributed by atoms with van der Waals surface area (Å²) in [6.45, 7) is 6.06. The van der Waals surface area contributed by atoms with E-state index < -0.39 is 0 Å². The van der Waals surface area contributed by atoms with Gasteiger partial charge in [0.15, 0.2) is 5.78 Å². The fraction of sp³-hybridized carbons (Fsp3) is 0.206. The van der Waals surface area contributed by atoms with E-state index >= 15 is 0 Å². The monoisotopic (exact) mass is 566 g/mol. The van der Waals surface area contributed by atoms with Crippen LogP contribution in [0.15, 0.2) is 89.0 Å². The van der Waals surface area contributed by atoms with E-state index in [0.29, 0.717) is 39.7 Å². The van der Waals surface area contributed by atoms with Crippen molar-refractivity contribution in [1.82, 2.24) is 9.55 Å². The summed E-state index contributed by atoms with van der Waals surface area (Å²) in [5.74, 6) is 0.0119. The van der Waals surface area contributed by atoms with Crippen LogP contribution in [-0.2, 0) is 19.3 Å². The van der Waals surface area contributed by atoms with Crippen molar-refractivity contribution >= 4 is 28.7 Å². The third-order valence-corrected chi connectivity index (χ3v) is 8.42. The van der Waals surface area contributed by atoms with Crippen molar-refractivity contribution in [3.63, 3.8) is 0 Å². The lowest BCUT2D eigenvalue weighted by molar-refractivity contribution is 0.0981. The number of carbonyl (C=O) groups is 1. The Labute approximate surface area is 243 Å². The van der Waals surface area contributed by atoms with Gasteiger partial charge in [-0.2, -0.15) is 0 Å².